The fourth-order valence-corrected chi connectivity index (χ4v) is 1.51. The first-order valence-corrected chi connectivity index (χ1v) is 6.90. The number of nitrogens with one attached hydrogen (secondary N) is 1. The third kappa shape index (κ3) is 6.84. The molecule has 0 saturated carbocycles. The summed E-state index contributed by atoms with van der Waals surface area (Å²) < 4.78 is 16.0. The van der Waals surface area contributed by atoms with Gasteiger partial charge in [-0.2, -0.15) is 0 Å². The molecule has 20 heavy (non-hydrogen) atoms. The van der Waals surface area contributed by atoms with Gasteiger partial charge in [-0.1, -0.05) is 0 Å². The molecular formula is C15H26N2O3. The molecule has 0 aliphatic heterocycles. The molecule has 0 radical (unpaired) electrons. The summed E-state index contributed by atoms with van der Waals surface area (Å²) in [6.07, 6.45) is 2.59. The highest BCUT2D eigenvalue weighted by atomic mass is 16.5. The molecule has 0 saturated heterocycles. The number of nitrogens with zero attached hydrogens (tertiary/aromatic N) is 1. The van der Waals surface area contributed by atoms with E-state index in [1.807, 2.05) is 26.0 Å². The van der Waals surface area contributed by atoms with Crippen molar-refractivity contribution < 1.29 is 14.2 Å². The van der Waals surface area contributed by atoms with Crippen LogP contribution in [0.2, 0.25) is 0 Å². The smallest absolute Gasteiger partial charge is 0.137 e. The molecule has 0 spiro atoms. The zero-order valence-corrected chi connectivity index (χ0v) is 12.9. The van der Waals surface area contributed by atoms with Crippen molar-refractivity contribution in [2.24, 2.45) is 0 Å². The number of ether oxygens (including phenoxy) is 3. The molecule has 1 rings (SSSR count). The molecule has 0 amide bonds. The van der Waals surface area contributed by atoms with E-state index in [0.29, 0.717) is 13.2 Å². The van der Waals surface area contributed by atoms with E-state index in [0.717, 1.165) is 31.0 Å². The highest BCUT2D eigenvalue weighted by molar-refractivity contribution is 5.19. The number of rotatable bonds is 10. The molecule has 0 bridgehead atoms. The lowest BCUT2D eigenvalue weighted by molar-refractivity contribution is 0.00542. The van der Waals surface area contributed by atoms with Crippen molar-refractivity contribution in [3.05, 3.63) is 24.0 Å². The Morgan fingerprint density at radius 3 is 2.60 bits per heavy atom. The van der Waals surface area contributed by atoms with Gasteiger partial charge < -0.3 is 19.5 Å². The van der Waals surface area contributed by atoms with E-state index in [9.17, 15) is 0 Å². The van der Waals surface area contributed by atoms with Gasteiger partial charge in [-0.25, -0.2) is 0 Å². The first kappa shape index (κ1) is 16.9. The standard InChI is InChI=1S/C15H26N2O3/c1-15(2,19-4)7-9-20-14-6-5-13(17-12-14)11-16-8-10-18-3/h5-6,12,16H,7-11H2,1-4H3. The zero-order valence-electron chi connectivity index (χ0n) is 12.9. The topological polar surface area (TPSA) is 52.6 Å². The molecule has 0 aromatic carbocycles. The fraction of sp³-hybridized carbons (Fsp3) is 0.667. The molecule has 1 heterocycles. The molecule has 0 aliphatic carbocycles. The minimum absolute atomic E-state index is 0.154. The second kappa shape index (κ2) is 8.89. The average Bonchev–Trinajstić information content (AvgIpc) is 2.45. The van der Waals surface area contributed by atoms with Gasteiger partial charge in [0, 0.05) is 33.7 Å². The first-order chi connectivity index (χ1) is 9.57. The normalized spacial score (nSPS) is 11.6. The van der Waals surface area contributed by atoms with E-state index in [-0.39, 0.29) is 5.60 Å². The van der Waals surface area contributed by atoms with Gasteiger partial charge in [0.25, 0.3) is 0 Å². The van der Waals surface area contributed by atoms with Crippen LogP contribution in [-0.4, -0.2) is 44.6 Å². The Hall–Kier alpha value is -1.17. The second-order valence-corrected chi connectivity index (χ2v) is 5.22. The van der Waals surface area contributed by atoms with Crippen LogP contribution in [0.4, 0.5) is 0 Å². The van der Waals surface area contributed by atoms with Crippen LogP contribution in [0.1, 0.15) is 26.0 Å². The number of hydrogen-bond acceptors (Lipinski definition) is 5. The largest absolute Gasteiger partial charge is 0.492 e. The number of methoxy groups -OCH3 is 2. The highest BCUT2D eigenvalue weighted by Crippen LogP contribution is 2.15. The minimum Gasteiger partial charge on any atom is -0.492 e. The van der Waals surface area contributed by atoms with Crippen LogP contribution in [0.15, 0.2) is 18.3 Å². The van der Waals surface area contributed by atoms with E-state index >= 15 is 0 Å². The van der Waals surface area contributed by atoms with E-state index in [1.54, 1.807) is 20.4 Å². The Morgan fingerprint density at radius 2 is 2.00 bits per heavy atom. The lowest BCUT2D eigenvalue weighted by Crippen LogP contribution is -2.25. The molecule has 0 unspecified atom stereocenters. The monoisotopic (exact) mass is 282 g/mol. The molecule has 0 atom stereocenters. The van der Waals surface area contributed by atoms with Gasteiger partial charge in [0.2, 0.25) is 0 Å². The summed E-state index contributed by atoms with van der Waals surface area (Å²) in [6.45, 7) is 6.97. The summed E-state index contributed by atoms with van der Waals surface area (Å²) in [5.41, 5.74) is 0.837. The molecule has 1 aromatic heterocycles. The van der Waals surface area contributed by atoms with E-state index < -0.39 is 0 Å². The Bertz CT molecular complexity index is 366. The molecule has 0 fully saturated rings. The lowest BCUT2D eigenvalue weighted by atomic mass is 10.1. The average molecular weight is 282 g/mol. The van der Waals surface area contributed by atoms with Crippen LogP contribution in [0.25, 0.3) is 0 Å². The Balaban J connectivity index is 2.28. The summed E-state index contributed by atoms with van der Waals surface area (Å²) in [4.78, 5) is 4.35. The van der Waals surface area contributed by atoms with Crippen LogP contribution >= 0.6 is 0 Å². The van der Waals surface area contributed by atoms with E-state index in [2.05, 4.69) is 10.3 Å². The number of hydrogen-bond donors (Lipinski definition) is 1. The molecule has 114 valence electrons. The highest BCUT2D eigenvalue weighted by Gasteiger charge is 2.15. The van der Waals surface area contributed by atoms with Crippen molar-refractivity contribution in [1.82, 2.24) is 10.3 Å². The Kier molecular flexibility index (Phi) is 7.51. The van der Waals surface area contributed by atoms with Crippen LogP contribution in [0.3, 0.4) is 0 Å². The van der Waals surface area contributed by atoms with Crippen LogP contribution < -0.4 is 10.1 Å². The summed E-state index contributed by atoms with van der Waals surface area (Å²) in [5, 5.41) is 3.25. The molecule has 1 N–H and O–H groups in total. The third-order valence-electron chi connectivity index (χ3n) is 3.11. The Labute approximate surface area is 121 Å². The summed E-state index contributed by atoms with van der Waals surface area (Å²) in [7, 11) is 3.41. The summed E-state index contributed by atoms with van der Waals surface area (Å²) in [5.74, 6) is 0.789. The third-order valence-corrected chi connectivity index (χ3v) is 3.11. The van der Waals surface area contributed by atoms with Gasteiger partial charge in [-0.3, -0.25) is 4.98 Å². The zero-order chi connectivity index (χ0) is 14.8. The van der Waals surface area contributed by atoms with Crippen LogP contribution in [-0.2, 0) is 16.0 Å². The number of pyridine rings is 1. The maximum atomic E-state index is 5.66. The molecule has 5 heteroatoms. The maximum absolute atomic E-state index is 5.66. The summed E-state index contributed by atoms with van der Waals surface area (Å²) >= 11 is 0. The maximum Gasteiger partial charge on any atom is 0.137 e. The first-order valence-electron chi connectivity index (χ1n) is 6.90. The van der Waals surface area contributed by atoms with Gasteiger partial charge in [-0.05, 0) is 26.0 Å². The molecule has 5 nitrogen and oxygen atoms in total. The van der Waals surface area contributed by atoms with Gasteiger partial charge in [-0.15, -0.1) is 0 Å². The van der Waals surface area contributed by atoms with Crippen molar-refractivity contribution in [1.29, 1.82) is 0 Å². The predicted octanol–water partition coefficient (Wildman–Crippen LogP) is 2.01. The predicted molar refractivity (Wildman–Crippen MR) is 79.0 cm³/mol. The van der Waals surface area contributed by atoms with Gasteiger partial charge in [0.15, 0.2) is 0 Å². The number of aromatic nitrogens is 1. The molecule has 1 aromatic rings. The van der Waals surface area contributed by atoms with Crippen molar-refractivity contribution >= 4 is 0 Å². The summed E-state index contributed by atoms with van der Waals surface area (Å²) in [6, 6.07) is 3.91. The van der Waals surface area contributed by atoms with Crippen molar-refractivity contribution in [2.75, 3.05) is 34.0 Å². The van der Waals surface area contributed by atoms with Gasteiger partial charge >= 0.3 is 0 Å². The Morgan fingerprint density at radius 1 is 1.20 bits per heavy atom. The minimum atomic E-state index is -0.154. The van der Waals surface area contributed by atoms with Crippen LogP contribution in [0, 0.1) is 0 Å². The van der Waals surface area contributed by atoms with Crippen LogP contribution in [0.5, 0.6) is 5.75 Å². The van der Waals surface area contributed by atoms with Gasteiger partial charge in [0.1, 0.15) is 5.75 Å². The quantitative estimate of drug-likeness (QED) is 0.665. The van der Waals surface area contributed by atoms with Crippen molar-refractivity contribution in [2.45, 2.75) is 32.4 Å². The van der Waals surface area contributed by atoms with E-state index in [1.165, 1.54) is 0 Å². The lowest BCUT2D eigenvalue weighted by Gasteiger charge is -2.22. The van der Waals surface area contributed by atoms with E-state index in [4.69, 9.17) is 14.2 Å². The molecule has 0 aliphatic rings. The second-order valence-electron chi connectivity index (χ2n) is 5.22. The fourth-order valence-electron chi connectivity index (χ4n) is 1.51. The van der Waals surface area contributed by atoms with Crippen molar-refractivity contribution in [3.8, 4) is 5.75 Å². The SMILES string of the molecule is COCCNCc1ccc(OCCC(C)(C)OC)cn1. The molecular weight excluding hydrogens is 256 g/mol. The van der Waals surface area contributed by atoms with Gasteiger partial charge in [0.05, 0.1) is 30.7 Å². The van der Waals surface area contributed by atoms with Crippen molar-refractivity contribution in [3.63, 3.8) is 0 Å².